The van der Waals surface area contributed by atoms with Crippen molar-refractivity contribution < 1.29 is 9.59 Å². The zero-order valence-electron chi connectivity index (χ0n) is 30.2. The Morgan fingerprint density at radius 3 is 1.84 bits per heavy atom. The summed E-state index contributed by atoms with van der Waals surface area (Å²) in [7, 11) is 0. The summed E-state index contributed by atoms with van der Waals surface area (Å²) in [6.45, 7) is 7.91. The minimum Gasteiger partial charge on any atom is -0.390 e. The standard InChI is InChI=1S/C20H18BrN3OS2.C17H16BrN3S2.C3H4Cl2O/c1-2-17(25)23-20-18(19-22-14-9-11(21)3-6-15(14)26-19)13-7-8-24(12-4-5-12)10-16(13)27-20;18-9-1-4-13-12(7-9)20-17(23-13)15-11-5-6-21(10-2-3-10)8-14(11)22-16(15)19;4-2-1-3(5)6/h2-3,6,9,12H,1,4-5,7-8,10H2,(H,23,25);1,4,7,10H,2-3,5-6,8,19H2;1-2H2. The lowest BCUT2D eigenvalue weighted by molar-refractivity contribution is -0.112. The van der Waals surface area contributed by atoms with Crippen LogP contribution in [0.4, 0.5) is 10.0 Å². The predicted molar refractivity (Wildman–Crippen MR) is 245 cm³/mol. The summed E-state index contributed by atoms with van der Waals surface area (Å²) in [6, 6.07) is 14.1. The molecule has 3 N–H and O–H groups in total. The van der Waals surface area contributed by atoms with E-state index in [9.17, 15) is 9.59 Å². The van der Waals surface area contributed by atoms with Crippen molar-refractivity contribution in [3.8, 4) is 21.1 Å². The molecule has 8 nitrogen and oxygen atoms in total. The molecule has 56 heavy (non-hydrogen) atoms. The lowest BCUT2D eigenvalue weighted by Crippen LogP contribution is -2.31. The summed E-state index contributed by atoms with van der Waals surface area (Å²) in [6.07, 6.45) is 9.10. The van der Waals surface area contributed by atoms with Crippen LogP contribution in [0.25, 0.3) is 41.6 Å². The molecule has 6 heterocycles. The third kappa shape index (κ3) is 9.15. The summed E-state index contributed by atoms with van der Waals surface area (Å²) in [5.74, 6) is 0.153. The second-order valence-electron chi connectivity index (χ2n) is 14.1. The molecule has 0 saturated heterocycles. The van der Waals surface area contributed by atoms with E-state index in [-0.39, 0.29) is 17.6 Å². The van der Waals surface area contributed by atoms with E-state index in [1.807, 2.05) is 12.1 Å². The van der Waals surface area contributed by atoms with Gasteiger partial charge in [-0.2, -0.15) is 0 Å². The van der Waals surface area contributed by atoms with Crippen molar-refractivity contribution >= 4 is 142 Å². The lowest BCUT2D eigenvalue weighted by atomic mass is 10.0. The summed E-state index contributed by atoms with van der Waals surface area (Å²) in [4.78, 5) is 39.5. The van der Waals surface area contributed by atoms with E-state index in [0.29, 0.717) is 5.88 Å². The van der Waals surface area contributed by atoms with Gasteiger partial charge in [-0.1, -0.05) is 38.4 Å². The molecule has 2 aromatic carbocycles. The first-order chi connectivity index (χ1) is 27.1. The van der Waals surface area contributed by atoms with Crippen molar-refractivity contribution in [2.24, 2.45) is 0 Å². The molecule has 2 aliphatic carbocycles. The number of thiophene rings is 2. The van der Waals surface area contributed by atoms with Crippen LogP contribution in [0.15, 0.2) is 58.0 Å². The van der Waals surface area contributed by atoms with Crippen molar-refractivity contribution in [2.75, 3.05) is 30.0 Å². The first kappa shape index (κ1) is 40.5. The maximum atomic E-state index is 12.0. The van der Waals surface area contributed by atoms with Crippen molar-refractivity contribution in [3.05, 3.63) is 78.9 Å². The molecule has 4 aromatic heterocycles. The minimum absolute atomic E-state index is 0.169. The number of thiazole rings is 2. The quantitative estimate of drug-likeness (QED) is 0.0889. The number of benzene rings is 2. The minimum atomic E-state index is -0.370. The van der Waals surface area contributed by atoms with E-state index in [4.69, 9.17) is 38.9 Å². The largest absolute Gasteiger partial charge is 0.390 e. The molecule has 1 amide bonds. The molecule has 2 fully saturated rings. The lowest BCUT2D eigenvalue weighted by Gasteiger charge is -2.26. The third-order valence-electron chi connectivity index (χ3n) is 10.2. The Kier molecular flexibility index (Phi) is 12.7. The zero-order valence-corrected chi connectivity index (χ0v) is 38.2. The highest BCUT2D eigenvalue weighted by molar-refractivity contribution is 9.10. The fourth-order valence-electron chi connectivity index (χ4n) is 7.17. The Labute approximate surface area is 368 Å². The number of nitrogens with zero attached hydrogens (tertiary/aromatic N) is 4. The monoisotopic (exact) mass is 990 g/mol. The zero-order chi connectivity index (χ0) is 39.1. The Hall–Kier alpha value is -2.24. The normalized spacial score (nSPS) is 16.7. The topological polar surface area (TPSA) is 104 Å². The van der Waals surface area contributed by atoms with Gasteiger partial charge in [0.15, 0.2) is 0 Å². The summed E-state index contributed by atoms with van der Waals surface area (Å²) < 4.78 is 4.48. The first-order valence-electron chi connectivity index (χ1n) is 18.4. The average Bonchev–Trinajstić information content (AvgIpc) is 4.06. The number of nitrogen functional groups attached to an aromatic ring is 1. The van der Waals surface area contributed by atoms with Crippen molar-refractivity contribution in [1.82, 2.24) is 19.8 Å². The van der Waals surface area contributed by atoms with E-state index >= 15 is 0 Å². The van der Waals surface area contributed by atoms with Gasteiger partial charge in [0.25, 0.3) is 0 Å². The van der Waals surface area contributed by atoms with E-state index in [0.717, 1.165) is 101 Å². The van der Waals surface area contributed by atoms with E-state index in [1.54, 1.807) is 45.3 Å². The molecule has 0 unspecified atom stereocenters. The van der Waals surface area contributed by atoms with Crippen LogP contribution in [-0.2, 0) is 35.5 Å². The molecule has 0 radical (unpaired) electrons. The van der Waals surface area contributed by atoms with Crippen LogP contribution < -0.4 is 11.1 Å². The molecule has 0 atom stereocenters. The van der Waals surface area contributed by atoms with Gasteiger partial charge in [0.2, 0.25) is 11.1 Å². The van der Waals surface area contributed by atoms with Gasteiger partial charge >= 0.3 is 0 Å². The van der Waals surface area contributed by atoms with Gasteiger partial charge in [-0.05, 0) is 104 Å². The summed E-state index contributed by atoms with van der Waals surface area (Å²) in [5.41, 5.74) is 13.6. The van der Waals surface area contributed by atoms with Gasteiger partial charge in [-0.3, -0.25) is 19.4 Å². The van der Waals surface area contributed by atoms with Gasteiger partial charge in [-0.25, -0.2) is 9.97 Å². The number of fused-ring (bicyclic) bond motifs is 4. The second kappa shape index (κ2) is 17.5. The van der Waals surface area contributed by atoms with Gasteiger partial charge in [-0.15, -0.1) is 56.9 Å². The molecule has 16 heteroatoms. The van der Waals surface area contributed by atoms with Crippen LogP contribution in [0.2, 0.25) is 0 Å². The Bertz CT molecular complexity index is 2450. The molecule has 292 valence electrons. The number of hydrogen-bond acceptors (Lipinski definition) is 11. The fraction of sp³-hybridized carbons (Fsp3) is 0.350. The number of anilines is 2. The predicted octanol–water partition coefficient (Wildman–Crippen LogP) is 11.7. The summed E-state index contributed by atoms with van der Waals surface area (Å²) in [5, 5.41) is 6.56. The van der Waals surface area contributed by atoms with Crippen LogP contribution in [-0.4, -0.2) is 62.0 Å². The van der Waals surface area contributed by atoms with Gasteiger partial charge in [0.1, 0.15) is 15.0 Å². The fourth-order valence-corrected chi connectivity index (χ4v) is 12.8. The number of carbonyl (C=O) groups is 2. The number of rotatable bonds is 8. The van der Waals surface area contributed by atoms with E-state index < -0.39 is 0 Å². The van der Waals surface area contributed by atoms with Gasteiger partial charge in [0.05, 0.1) is 25.4 Å². The Balaban J connectivity index is 0.000000139. The molecule has 6 aromatic rings. The van der Waals surface area contributed by atoms with Crippen LogP contribution in [0.3, 0.4) is 0 Å². The van der Waals surface area contributed by atoms with E-state index in [1.165, 1.54) is 62.9 Å². The maximum absolute atomic E-state index is 12.0. The number of aromatic nitrogens is 2. The highest BCUT2D eigenvalue weighted by Gasteiger charge is 2.35. The molecular formula is C40H38Br2Cl2N6O2S4. The number of halogens is 4. The number of nitrogens with one attached hydrogen (secondary N) is 1. The first-order valence-corrected chi connectivity index (χ1v) is 24.2. The Morgan fingerprint density at radius 1 is 0.839 bits per heavy atom. The molecule has 2 saturated carbocycles. The highest BCUT2D eigenvalue weighted by atomic mass is 79.9. The van der Waals surface area contributed by atoms with Crippen molar-refractivity contribution in [2.45, 2.75) is 70.1 Å². The molecule has 10 rings (SSSR count). The molecule has 0 bridgehead atoms. The molecule has 0 spiro atoms. The number of alkyl halides is 1. The van der Waals surface area contributed by atoms with Crippen LogP contribution in [0, 0.1) is 0 Å². The van der Waals surface area contributed by atoms with Gasteiger partial charge in [0, 0.05) is 80.4 Å². The second-order valence-corrected chi connectivity index (χ2v) is 21.0. The molecular weight excluding hydrogens is 955 g/mol. The van der Waals surface area contributed by atoms with Crippen LogP contribution in [0.5, 0.6) is 0 Å². The molecule has 2 aliphatic heterocycles. The third-order valence-corrected chi connectivity index (χ3v) is 15.8. The number of carbonyl (C=O) groups excluding carboxylic acids is 2. The maximum Gasteiger partial charge on any atom is 0.248 e. The highest BCUT2D eigenvalue weighted by Crippen LogP contribution is 2.48. The van der Waals surface area contributed by atoms with Crippen molar-refractivity contribution in [3.63, 3.8) is 0 Å². The molecule has 4 aliphatic rings. The number of amides is 1. The Morgan fingerprint density at radius 2 is 1.36 bits per heavy atom. The van der Waals surface area contributed by atoms with Crippen molar-refractivity contribution in [1.29, 1.82) is 0 Å². The van der Waals surface area contributed by atoms with E-state index in [2.05, 4.69) is 77.8 Å². The summed E-state index contributed by atoms with van der Waals surface area (Å²) >= 11 is 23.9. The number of nitrogens with two attached hydrogens (primary N) is 1. The van der Waals surface area contributed by atoms with Crippen LogP contribution >= 0.6 is 100 Å². The SMILES string of the molecule is C=CC(=O)Nc1sc2c(c1-c1nc3cc(Br)ccc3s1)CCN(C1CC1)C2.Nc1sc2c(c1-c1nc3cc(Br)ccc3s1)CCN(C1CC1)C2.O=C(Cl)CCCl. The number of hydrogen-bond donors (Lipinski definition) is 2. The van der Waals surface area contributed by atoms with Gasteiger partial charge < -0.3 is 11.1 Å². The van der Waals surface area contributed by atoms with Crippen LogP contribution in [0.1, 0.15) is 53.0 Å². The smallest absolute Gasteiger partial charge is 0.248 e. The average molecular weight is 994 g/mol.